The zero-order chi connectivity index (χ0) is 19.1. The standard InChI is InChI=1S/C20H19N3O4/c1-26-17-10-6-5-7-14(17)11-12-21-19(25)16-13-27-20(22-16)23-18(24)15-8-3-2-4-9-15/h2-10,13H,11-12H2,1H3,(H,21,25)(H,22,23,24). The molecule has 27 heavy (non-hydrogen) atoms. The highest BCUT2D eigenvalue weighted by Crippen LogP contribution is 2.17. The molecule has 0 radical (unpaired) electrons. The van der Waals surface area contributed by atoms with Crippen LogP contribution in [0.5, 0.6) is 5.75 Å². The van der Waals surface area contributed by atoms with E-state index in [9.17, 15) is 9.59 Å². The molecule has 1 heterocycles. The lowest BCUT2D eigenvalue weighted by Crippen LogP contribution is -2.26. The third-order valence-corrected chi connectivity index (χ3v) is 3.87. The number of benzene rings is 2. The van der Waals surface area contributed by atoms with Crippen molar-refractivity contribution in [2.45, 2.75) is 6.42 Å². The molecule has 7 heteroatoms. The Balaban J connectivity index is 1.53. The fourth-order valence-corrected chi connectivity index (χ4v) is 2.51. The zero-order valence-corrected chi connectivity index (χ0v) is 14.8. The Labute approximate surface area is 156 Å². The van der Waals surface area contributed by atoms with Gasteiger partial charge in [0.15, 0.2) is 5.69 Å². The minimum Gasteiger partial charge on any atom is -0.496 e. The Morgan fingerprint density at radius 2 is 1.78 bits per heavy atom. The third kappa shape index (κ3) is 4.72. The molecule has 0 aliphatic carbocycles. The number of para-hydroxylation sites is 1. The second kappa shape index (κ2) is 8.66. The van der Waals surface area contributed by atoms with Crippen LogP contribution in [0, 0.1) is 0 Å². The average molecular weight is 365 g/mol. The molecule has 2 N–H and O–H groups in total. The molecule has 0 aliphatic heterocycles. The SMILES string of the molecule is COc1ccccc1CCNC(=O)c1coc(NC(=O)c2ccccc2)n1. The summed E-state index contributed by atoms with van der Waals surface area (Å²) in [7, 11) is 1.61. The average Bonchev–Trinajstić information content (AvgIpc) is 3.17. The van der Waals surface area contributed by atoms with Crippen molar-refractivity contribution in [1.82, 2.24) is 10.3 Å². The molecule has 138 valence electrons. The second-order valence-corrected chi connectivity index (χ2v) is 5.68. The van der Waals surface area contributed by atoms with Crippen molar-refractivity contribution in [1.29, 1.82) is 0 Å². The normalized spacial score (nSPS) is 10.3. The summed E-state index contributed by atoms with van der Waals surface area (Å²) in [5, 5.41) is 5.28. The van der Waals surface area contributed by atoms with Gasteiger partial charge in [0.2, 0.25) is 0 Å². The maximum atomic E-state index is 12.2. The lowest BCUT2D eigenvalue weighted by Gasteiger charge is -2.08. The molecule has 0 atom stereocenters. The molecule has 2 aromatic carbocycles. The summed E-state index contributed by atoms with van der Waals surface area (Å²) >= 11 is 0. The predicted molar refractivity (Wildman–Crippen MR) is 99.9 cm³/mol. The molecule has 0 fully saturated rings. The first kappa shape index (κ1) is 18.2. The van der Waals surface area contributed by atoms with E-state index in [0.29, 0.717) is 18.5 Å². The number of methoxy groups -OCH3 is 1. The van der Waals surface area contributed by atoms with Gasteiger partial charge in [0.25, 0.3) is 11.8 Å². The molecule has 0 saturated heterocycles. The van der Waals surface area contributed by atoms with Gasteiger partial charge >= 0.3 is 6.01 Å². The van der Waals surface area contributed by atoms with Crippen molar-refractivity contribution < 1.29 is 18.7 Å². The quantitative estimate of drug-likeness (QED) is 0.671. The van der Waals surface area contributed by atoms with Crippen LogP contribution < -0.4 is 15.4 Å². The molecule has 1 aromatic heterocycles. The van der Waals surface area contributed by atoms with Crippen LogP contribution in [-0.4, -0.2) is 30.5 Å². The van der Waals surface area contributed by atoms with Gasteiger partial charge in [-0.25, -0.2) is 0 Å². The number of oxazole rings is 1. The van der Waals surface area contributed by atoms with Crippen LogP contribution in [-0.2, 0) is 6.42 Å². The van der Waals surface area contributed by atoms with Crippen LogP contribution in [0.25, 0.3) is 0 Å². The Morgan fingerprint density at radius 1 is 1.04 bits per heavy atom. The minimum atomic E-state index is -0.381. The second-order valence-electron chi connectivity index (χ2n) is 5.68. The molecule has 0 saturated carbocycles. The number of nitrogens with one attached hydrogen (secondary N) is 2. The van der Waals surface area contributed by atoms with Crippen molar-refractivity contribution >= 4 is 17.8 Å². The lowest BCUT2D eigenvalue weighted by molar-refractivity contribution is 0.0947. The first-order valence-corrected chi connectivity index (χ1v) is 8.39. The number of amides is 2. The van der Waals surface area contributed by atoms with Gasteiger partial charge in [-0.1, -0.05) is 36.4 Å². The molecular weight excluding hydrogens is 346 g/mol. The number of rotatable bonds is 7. The van der Waals surface area contributed by atoms with Crippen LogP contribution >= 0.6 is 0 Å². The highest BCUT2D eigenvalue weighted by molar-refractivity contribution is 6.03. The van der Waals surface area contributed by atoms with E-state index in [1.807, 2.05) is 30.3 Å². The molecule has 0 unspecified atom stereocenters. The number of hydrogen-bond donors (Lipinski definition) is 2. The molecule has 3 aromatic rings. The van der Waals surface area contributed by atoms with Crippen molar-refractivity contribution in [2.24, 2.45) is 0 Å². The zero-order valence-electron chi connectivity index (χ0n) is 14.8. The summed E-state index contributed by atoms with van der Waals surface area (Å²) in [5.74, 6) is 0.0357. The predicted octanol–water partition coefficient (Wildman–Crippen LogP) is 2.91. The maximum absolute atomic E-state index is 12.2. The van der Waals surface area contributed by atoms with Crippen LogP contribution in [0.2, 0.25) is 0 Å². The van der Waals surface area contributed by atoms with E-state index in [1.54, 1.807) is 31.4 Å². The van der Waals surface area contributed by atoms with E-state index in [-0.39, 0.29) is 23.5 Å². The van der Waals surface area contributed by atoms with Crippen molar-refractivity contribution in [2.75, 3.05) is 19.0 Å². The number of carbonyl (C=O) groups excluding carboxylic acids is 2. The fourth-order valence-electron chi connectivity index (χ4n) is 2.51. The summed E-state index contributed by atoms with van der Waals surface area (Å²) in [4.78, 5) is 28.2. The maximum Gasteiger partial charge on any atom is 0.302 e. The van der Waals surface area contributed by atoms with Crippen LogP contribution in [0.4, 0.5) is 6.01 Å². The molecule has 0 spiro atoms. The highest BCUT2D eigenvalue weighted by Gasteiger charge is 2.14. The summed E-state index contributed by atoms with van der Waals surface area (Å²) in [5.41, 5.74) is 1.56. The van der Waals surface area contributed by atoms with Gasteiger partial charge < -0.3 is 14.5 Å². The van der Waals surface area contributed by atoms with E-state index in [4.69, 9.17) is 9.15 Å². The van der Waals surface area contributed by atoms with E-state index in [2.05, 4.69) is 15.6 Å². The van der Waals surface area contributed by atoms with Crippen molar-refractivity contribution in [3.8, 4) is 5.75 Å². The number of aromatic nitrogens is 1. The Kier molecular flexibility index (Phi) is 5.84. The van der Waals surface area contributed by atoms with Crippen LogP contribution in [0.15, 0.2) is 65.3 Å². The van der Waals surface area contributed by atoms with Crippen molar-refractivity contribution in [3.63, 3.8) is 0 Å². The van der Waals surface area contributed by atoms with E-state index in [1.165, 1.54) is 6.26 Å². The van der Waals surface area contributed by atoms with Gasteiger partial charge in [-0.2, -0.15) is 4.98 Å². The summed E-state index contributed by atoms with van der Waals surface area (Å²) < 4.78 is 10.4. The van der Waals surface area contributed by atoms with Crippen LogP contribution in [0.3, 0.4) is 0 Å². The lowest BCUT2D eigenvalue weighted by atomic mass is 10.1. The molecule has 7 nitrogen and oxygen atoms in total. The van der Waals surface area contributed by atoms with Crippen LogP contribution in [0.1, 0.15) is 26.4 Å². The number of ether oxygens (including phenoxy) is 1. The Bertz CT molecular complexity index is 922. The molecule has 0 aliphatic rings. The fraction of sp³-hybridized carbons (Fsp3) is 0.150. The first-order chi connectivity index (χ1) is 13.2. The summed E-state index contributed by atoms with van der Waals surface area (Å²) in [6.07, 6.45) is 1.82. The smallest absolute Gasteiger partial charge is 0.302 e. The highest BCUT2D eigenvalue weighted by atomic mass is 16.5. The number of anilines is 1. The topological polar surface area (TPSA) is 93.5 Å². The van der Waals surface area contributed by atoms with E-state index >= 15 is 0 Å². The third-order valence-electron chi connectivity index (χ3n) is 3.87. The Morgan fingerprint density at radius 3 is 2.56 bits per heavy atom. The van der Waals surface area contributed by atoms with Gasteiger partial charge in [-0.05, 0) is 30.2 Å². The van der Waals surface area contributed by atoms with Gasteiger partial charge in [0.05, 0.1) is 7.11 Å². The molecular formula is C20H19N3O4. The molecule has 2 amide bonds. The Hall–Kier alpha value is -3.61. The number of nitrogens with zero attached hydrogens (tertiary/aromatic N) is 1. The van der Waals surface area contributed by atoms with Crippen molar-refractivity contribution in [3.05, 3.63) is 77.7 Å². The van der Waals surface area contributed by atoms with Gasteiger partial charge in [-0.3, -0.25) is 14.9 Å². The first-order valence-electron chi connectivity index (χ1n) is 8.39. The minimum absolute atomic E-state index is 0.0290. The summed E-state index contributed by atoms with van der Waals surface area (Å²) in [6.45, 7) is 0.414. The molecule has 0 bridgehead atoms. The van der Waals surface area contributed by atoms with E-state index < -0.39 is 0 Å². The largest absolute Gasteiger partial charge is 0.496 e. The number of hydrogen-bond acceptors (Lipinski definition) is 5. The monoisotopic (exact) mass is 365 g/mol. The van der Waals surface area contributed by atoms with Gasteiger partial charge in [-0.15, -0.1) is 0 Å². The number of carbonyl (C=O) groups is 2. The molecule has 3 rings (SSSR count). The van der Waals surface area contributed by atoms with E-state index in [0.717, 1.165) is 11.3 Å². The summed E-state index contributed by atoms with van der Waals surface area (Å²) in [6, 6.07) is 16.3. The van der Waals surface area contributed by atoms with Gasteiger partial charge in [0.1, 0.15) is 12.0 Å². The van der Waals surface area contributed by atoms with Gasteiger partial charge in [0, 0.05) is 12.1 Å².